The highest BCUT2D eigenvalue weighted by molar-refractivity contribution is 5.75. The molecular weight excluding hydrogens is 214 g/mol. The average Bonchev–Trinajstić information content (AvgIpc) is 2.68. The number of carbonyl (C=O) groups excluding carboxylic acids is 1. The highest BCUT2D eigenvalue weighted by Crippen LogP contribution is 2.06. The fourth-order valence-corrected chi connectivity index (χ4v) is 1.78. The van der Waals surface area contributed by atoms with E-state index >= 15 is 0 Å². The molecule has 17 heavy (non-hydrogen) atoms. The molecule has 0 fully saturated rings. The van der Waals surface area contributed by atoms with Crippen LogP contribution in [0.1, 0.15) is 37.9 Å². The van der Waals surface area contributed by atoms with Crippen LogP contribution in [-0.2, 0) is 11.3 Å². The van der Waals surface area contributed by atoms with Gasteiger partial charge < -0.3 is 9.47 Å². The van der Waals surface area contributed by atoms with Crippen molar-refractivity contribution in [3.8, 4) is 0 Å². The Morgan fingerprint density at radius 2 is 2.00 bits per heavy atom. The van der Waals surface area contributed by atoms with Gasteiger partial charge in [-0.3, -0.25) is 4.79 Å². The van der Waals surface area contributed by atoms with Gasteiger partial charge in [0.15, 0.2) is 0 Å². The summed E-state index contributed by atoms with van der Waals surface area (Å²) >= 11 is 0. The van der Waals surface area contributed by atoms with Crippen LogP contribution in [-0.4, -0.2) is 34.5 Å². The summed E-state index contributed by atoms with van der Waals surface area (Å²) in [6.07, 6.45) is 9.01. The molecule has 0 aliphatic carbocycles. The van der Waals surface area contributed by atoms with Gasteiger partial charge in [-0.05, 0) is 19.8 Å². The van der Waals surface area contributed by atoms with Crippen molar-refractivity contribution in [3.63, 3.8) is 0 Å². The lowest BCUT2D eigenvalue weighted by atomic mass is 10.1. The maximum atomic E-state index is 11.3. The van der Waals surface area contributed by atoms with Gasteiger partial charge in [-0.2, -0.15) is 0 Å². The van der Waals surface area contributed by atoms with Gasteiger partial charge in [0.05, 0.1) is 0 Å². The Morgan fingerprint density at radius 3 is 2.59 bits per heavy atom. The normalized spacial score (nSPS) is 10.5. The first-order valence-corrected chi connectivity index (χ1v) is 6.29. The number of hydrogen-bond donors (Lipinski definition) is 0. The third-order valence-corrected chi connectivity index (χ3v) is 2.96. The predicted molar refractivity (Wildman–Crippen MR) is 68.7 cm³/mol. The fourth-order valence-electron chi connectivity index (χ4n) is 1.78. The number of imidazole rings is 1. The third kappa shape index (κ3) is 5.02. The first kappa shape index (κ1) is 13.7. The first-order valence-electron chi connectivity index (χ1n) is 6.29. The molecule has 0 spiro atoms. The van der Waals surface area contributed by atoms with Crippen LogP contribution in [0, 0.1) is 6.92 Å². The van der Waals surface area contributed by atoms with Gasteiger partial charge in [0.25, 0.3) is 0 Å². The van der Waals surface area contributed by atoms with Crippen molar-refractivity contribution in [2.45, 2.75) is 45.6 Å². The molecule has 1 rings (SSSR count). The minimum absolute atomic E-state index is 0.232. The standard InChI is InChI=1S/C13H23N3O/c1-12-14-9-11-16(12)10-7-5-4-6-8-13(17)15(2)3/h9,11H,4-8,10H2,1-3H3. The molecule has 1 amide bonds. The van der Waals surface area contributed by atoms with Crippen LogP contribution in [0.25, 0.3) is 0 Å². The van der Waals surface area contributed by atoms with Gasteiger partial charge in [0.1, 0.15) is 5.82 Å². The molecule has 1 aromatic rings. The summed E-state index contributed by atoms with van der Waals surface area (Å²) in [7, 11) is 3.62. The molecule has 0 N–H and O–H groups in total. The van der Waals surface area contributed by atoms with Gasteiger partial charge in [0, 0.05) is 39.5 Å². The van der Waals surface area contributed by atoms with Crippen LogP contribution in [0.3, 0.4) is 0 Å². The van der Waals surface area contributed by atoms with Crippen LogP contribution < -0.4 is 0 Å². The molecule has 0 aromatic carbocycles. The SMILES string of the molecule is Cc1nccn1CCCCCCC(=O)N(C)C. The second-order valence-corrected chi connectivity index (χ2v) is 4.62. The van der Waals surface area contributed by atoms with E-state index in [1.807, 2.05) is 33.4 Å². The van der Waals surface area contributed by atoms with E-state index in [0.717, 1.165) is 31.6 Å². The zero-order valence-electron chi connectivity index (χ0n) is 11.1. The summed E-state index contributed by atoms with van der Waals surface area (Å²) in [6.45, 7) is 3.06. The molecule has 0 bridgehead atoms. The van der Waals surface area contributed by atoms with E-state index in [-0.39, 0.29) is 5.91 Å². The molecule has 0 saturated carbocycles. The molecule has 0 radical (unpaired) electrons. The first-order chi connectivity index (χ1) is 8.11. The Balaban J connectivity index is 2.02. The summed E-state index contributed by atoms with van der Waals surface area (Å²) in [4.78, 5) is 17.2. The topological polar surface area (TPSA) is 38.1 Å². The summed E-state index contributed by atoms with van der Waals surface area (Å²) < 4.78 is 2.17. The van der Waals surface area contributed by atoms with Gasteiger partial charge in [-0.25, -0.2) is 4.98 Å². The smallest absolute Gasteiger partial charge is 0.222 e. The van der Waals surface area contributed by atoms with Gasteiger partial charge >= 0.3 is 0 Å². The van der Waals surface area contributed by atoms with Crippen LogP contribution in [0.2, 0.25) is 0 Å². The van der Waals surface area contributed by atoms with Crippen molar-refractivity contribution in [1.82, 2.24) is 14.5 Å². The Bertz CT molecular complexity index is 344. The molecule has 4 nitrogen and oxygen atoms in total. The van der Waals surface area contributed by atoms with Crippen LogP contribution in [0.4, 0.5) is 0 Å². The highest BCUT2D eigenvalue weighted by Gasteiger charge is 2.02. The molecule has 1 heterocycles. The number of carbonyl (C=O) groups is 1. The molecule has 0 saturated heterocycles. The zero-order chi connectivity index (χ0) is 12.7. The van der Waals surface area contributed by atoms with Crippen molar-refractivity contribution in [3.05, 3.63) is 18.2 Å². The summed E-state index contributed by atoms with van der Waals surface area (Å²) in [5, 5.41) is 0. The fraction of sp³-hybridized carbons (Fsp3) is 0.692. The lowest BCUT2D eigenvalue weighted by molar-refractivity contribution is -0.128. The van der Waals surface area contributed by atoms with Crippen LogP contribution >= 0.6 is 0 Å². The van der Waals surface area contributed by atoms with Gasteiger partial charge in [-0.15, -0.1) is 0 Å². The molecule has 0 aliphatic rings. The number of nitrogens with zero attached hydrogens (tertiary/aromatic N) is 3. The second kappa shape index (κ2) is 7.09. The number of rotatable bonds is 7. The van der Waals surface area contributed by atoms with E-state index in [4.69, 9.17) is 0 Å². The average molecular weight is 237 g/mol. The third-order valence-electron chi connectivity index (χ3n) is 2.96. The number of amides is 1. The van der Waals surface area contributed by atoms with Gasteiger partial charge in [-0.1, -0.05) is 12.8 Å². The number of aryl methyl sites for hydroxylation is 2. The van der Waals surface area contributed by atoms with Gasteiger partial charge in [0.2, 0.25) is 5.91 Å². The van der Waals surface area contributed by atoms with E-state index in [1.165, 1.54) is 6.42 Å². The summed E-state index contributed by atoms with van der Waals surface area (Å²) in [5.74, 6) is 1.31. The summed E-state index contributed by atoms with van der Waals surface area (Å²) in [6, 6.07) is 0. The Labute approximate surface area is 104 Å². The summed E-state index contributed by atoms with van der Waals surface area (Å²) in [5.41, 5.74) is 0. The highest BCUT2D eigenvalue weighted by atomic mass is 16.2. The van der Waals surface area contributed by atoms with E-state index in [1.54, 1.807) is 4.90 Å². The van der Waals surface area contributed by atoms with E-state index < -0.39 is 0 Å². The van der Waals surface area contributed by atoms with Crippen molar-refractivity contribution in [2.24, 2.45) is 0 Å². The molecule has 4 heteroatoms. The number of aromatic nitrogens is 2. The minimum atomic E-state index is 0.232. The second-order valence-electron chi connectivity index (χ2n) is 4.62. The van der Waals surface area contributed by atoms with Crippen molar-refractivity contribution in [1.29, 1.82) is 0 Å². The Kier molecular flexibility index (Phi) is 5.73. The number of hydrogen-bond acceptors (Lipinski definition) is 2. The zero-order valence-corrected chi connectivity index (χ0v) is 11.1. The van der Waals surface area contributed by atoms with Crippen molar-refractivity contribution < 1.29 is 4.79 Å². The van der Waals surface area contributed by atoms with E-state index in [9.17, 15) is 4.79 Å². The minimum Gasteiger partial charge on any atom is -0.349 e. The van der Waals surface area contributed by atoms with Crippen molar-refractivity contribution in [2.75, 3.05) is 14.1 Å². The molecule has 0 aliphatic heterocycles. The largest absolute Gasteiger partial charge is 0.349 e. The maximum absolute atomic E-state index is 11.3. The van der Waals surface area contributed by atoms with Crippen LogP contribution in [0.5, 0.6) is 0 Å². The quantitative estimate of drug-likeness (QED) is 0.682. The lowest BCUT2D eigenvalue weighted by Gasteiger charge is -2.09. The molecule has 0 atom stereocenters. The molecule has 1 aromatic heterocycles. The lowest BCUT2D eigenvalue weighted by Crippen LogP contribution is -2.20. The Hall–Kier alpha value is -1.32. The number of unbranched alkanes of at least 4 members (excludes halogenated alkanes) is 3. The monoisotopic (exact) mass is 237 g/mol. The van der Waals surface area contributed by atoms with Crippen molar-refractivity contribution >= 4 is 5.91 Å². The molecular formula is C13H23N3O. The Morgan fingerprint density at radius 1 is 1.29 bits per heavy atom. The molecule has 96 valence electrons. The maximum Gasteiger partial charge on any atom is 0.222 e. The predicted octanol–water partition coefficient (Wildman–Crippen LogP) is 2.23. The van der Waals surface area contributed by atoms with E-state index in [2.05, 4.69) is 9.55 Å². The van der Waals surface area contributed by atoms with Crippen LogP contribution in [0.15, 0.2) is 12.4 Å². The van der Waals surface area contributed by atoms with E-state index in [0.29, 0.717) is 6.42 Å². The molecule has 0 unspecified atom stereocenters.